The predicted molar refractivity (Wildman–Crippen MR) is 63.7 cm³/mol. The number of rotatable bonds is 7. The lowest BCUT2D eigenvalue weighted by atomic mass is 10.1. The summed E-state index contributed by atoms with van der Waals surface area (Å²) in [7, 11) is 0. The van der Waals surface area contributed by atoms with Crippen LogP contribution in [-0.4, -0.2) is 13.2 Å². The van der Waals surface area contributed by atoms with Crippen LogP contribution in [0.1, 0.15) is 30.4 Å². The fraction of sp³-hybridized carbons (Fsp3) is 0.462. The second-order valence-corrected chi connectivity index (χ2v) is 3.67. The van der Waals surface area contributed by atoms with E-state index in [9.17, 15) is 0 Å². The molecule has 0 radical (unpaired) electrons. The highest BCUT2D eigenvalue weighted by Crippen LogP contribution is 2.09. The molecule has 2 N–H and O–H groups in total. The van der Waals surface area contributed by atoms with Gasteiger partial charge in [0.05, 0.1) is 18.2 Å². The Morgan fingerprint density at radius 1 is 1.19 bits per heavy atom. The van der Waals surface area contributed by atoms with Crippen molar-refractivity contribution in [2.75, 3.05) is 13.2 Å². The van der Waals surface area contributed by atoms with E-state index in [4.69, 9.17) is 15.7 Å². The van der Waals surface area contributed by atoms with Crippen LogP contribution in [0.2, 0.25) is 0 Å². The first-order valence-corrected chi connectivity index (χ1v) is 5.64. The summed E-state index contributed by atoms with van der Waals surface area (Å²) in [6.45, 7) is 2.00. The van der Waals surface area contributed by atoms with E-state index in [1.54, 1.807) is 0 Å². The standard InChI is InChI=1S/C13H18N2O/c14-8-4-1-5-9-16-11-13-7-3-2-6-12(13)10-15/h2-3,6-7H,1,4-5,8-9,11,14H2. The Kier molecular flexibility index (Phi) is 6.24. The van der Waals surface area contributed by atoms with Crippen LogP contribution in [-0.2, 0) is 11.3 Å². The molecule has 0 heterocycles. The van der Waals surface area contributed by atoms with Gasteiger partial charge in [-0.15, -0.1) is 0 Å². The number of nitriles is 1. The van der Waals surface area contributed by atoms with Gasteiger partial charge in [-0.3, -0.25) is 0 Å². The highest BCUT2D eigenvalue weighted by atomic mass is 16.5. The normalized spacial score (nSPS) is 10.0. The van der Waals surface area contributed by atoms with E-state index in [-0.39, 0.29) is 0 Å². The second kappa shape index (κ2) is 7.86. The third-order valence-corrected chi connectivity index (χ3v) is 2.39. The van der Waals surface area contributed by atoms with Crippen molar-refractivity contribution in [1.29, 1.82) is 5.26 Å². The van der Waals surface area contributed by atoms with Gasteiger partial charge in [-0.05, 0) is 37.4 Å². The zero-order chi connectivity index (χ0) is 11.6. The van der Waals surface area contributed by atoms with E-state index in [0.717, 1.165) is 38.0 Å². The maximum absolute atomic E-state index is 8.87. The first kappa shape index (κ1) is 12.7. The number of ether oxygens (including phenoxy) is 1. The fourth-order valence-electron chi connectivity index (χ4n) is 1.46. The quantitative estimate of drug-likeness (QED) is 0.714. The minimum atomic E-state index is 0.520. The van der Waals surface area contributed by atoms with Gasteiger partial charge in [-0.25, -0.2) is 0 Å². The van der Waals surface area contributed by atoms with Crippen molar-refractivity contribution in [2.24, 2.45) is 5.73 Å². The lowest BCUT2D eigenvalue weighted by Gasteiger charge is -2.05. The molecule has 1 rings (SSSR count). The molecule has 0 saturated heterocycles. The van der Waals surface area contributed by atoms with Gasteiger partial charge in [0.25, 0.3) is 0 Å². The molecule has 0 spiro atoms. The van der Waals surface area contributed by atoms with Crippen LogP contribution in [0.25, 0.3) is 0 Å². The van der Waals surface area contributed by atoms with Crippen LogP contribution in [0, 0.1) is 11.3 Å². The Morgan fingerprint density at radius 2 is 2.00 bits per heavy atom. The molecule has 1 aromatic rings. The highest BCUT2D eigenvalue weighted by molar-refractivity contribution is 5.36. The first-order valence-electron chi connectivity index (χ1n) is 5.64. The SMILES string of the molecule is N#Cc1ccccc1COCCCCCN. The van der Waals surface area contributed by atoms with Crippen LogP contribution < -0.4 is 5.73 Å². The summed E-state index contributed by atoms with van der Waals surface area (Å²) in [6, 6.07) is 9.69. The van der Waals surface area contributed by atoms with Gasteiger partial charge in [0, 0.05) is 6.61 Å². The summed E-state index contributed by atoms with van der Waals surface area (Å²) < 4.78 is 5.52. The largest absolute Gasteiger partial charge is 0.377 e. The van der Waals surface area contributed by atoms with E-state index < -0.39 is 0 Å². The molecule has 0 aliphatic carbocycles. The van der Waals surface area contributed by atoms with Crippen molar-refractivity contribution in [3.05, 3.63) is 35.4 Å². The van der Waals surface area contributed by atoms with Gasteiger partial charge in [-0.1, -0.05) is 18.2 Å². The molecular formula is C13H18N2O. The Balaban J connectivity index is 2.24. The number of unbranched alkanes of at least 4 members (excludes halogenated alkanes) is 2. The van der Waals surface area contributed by atoms with Gasteiger partial charge in [0.2, 0.25) is 0 Å². The third-order valence-electron chi connectivity index (χ3n) is 2.39. The summed E-state index contributed by atoms with van der Waals surface area (Å²) in [4.78, 5) is 0. The average molecular weight is 218 g/mol. The summed E-state index contributed by atoms with van der Waals surface area (Å²) in [5.74, 6) is 0. The number of nitrogens with two attached hydrogens (primary N) is 1. The van der Waals surface area contributed by atoms with Crippen molar-refractivity contribution in [2.45, 2.75) is 25.9 Å². The highest BCUT2D eigenvalue weighted by Gasteiger charge is 1.99. The summed E-state index contributed by atoms with van der Waals surface area (Å²) in [5.41, 5.74) is 7.06. The van der Waals surface area contributed by atoms with Crippen LogP contribution in [0.5, 0.6) is 0 Å². The van der Waals surface area contributed by atoms with Crippen LogP contribution >= 0.6 is 0 Å². The Hall–Kier alpha value is -1.37. The van der Waals surface area contributed by atoms with Gasteiger partial charge in [0.1, 0.15) is 0 Å². The molecule has 0 atom stereocenters. The van der Waals surface area contributed by atoms with E-state index >= 15 is 0 Å². The molecule has 0 aliphatic heterocycles. The minimum absolute atomic E-state index is 0.520. The Labute approximate surface area is 96.8 Å². The zero-order valence-corrected chi connectivity index (χ0v) is 9.48. The summed E-state index contributed by atoms with van der Waals surface area (Å²) in [5, 5.41) is 8.87. The van der Waals surface area contributed by atoms with Gasteiger partial charge >= 0.3 is 0 Å². The van der Waals surface area contributed by atoms with Crippen molar-refractivity contribution < 1.29 is 4.74 Å². The van der Waals surface area contributed by atoms with Crippen molar-refractivity contribution >= 4 is 0 Å². The van der Waals surface area contributed by atoms with Gasteiger partial charge < -0.3 is 10.5 Å². The molecule has 3 heteroatoms. The fourth-order valence-corrected chi connectivity index (χ4v) is 1.46. The molecule has 0 unspecified atom stereocenters. The molecule has 0 fully saturated rings. The smallest absolute Gasteiger partial charge is 0.0995 e. The predicted octanol–water partition coefficient (Wildman–Crippen LogP) is 2.20. The monoisotopic (exact) mass is 218 g/mol. The number of hydrogen-bond acceptors (Lipinski definition) is 3. The molecule has 86 valence electrons. The van der Waals surface area contributed by atoms with E-state index in [1.165, 1.54) is 0 Å². The van der Waals surface area contributed by atoms with E-state index in [1.807, 2.05) is 24.3 Å². The summed E-state index contributed by atoms with van der Waals surface area (Å²) in [6.07, 6.45) is 3.19. The lowest BCUT2D eigenvalue weighted by Crippen LogP contribution is -2.01. The van der Waals surface area contributed by atoms with E-state index in [0.29, 0.717) is 12.2 Å². The van der Waals surface area contributed by atoms with Crippen molar-refractivity contribution in [3.63, 3.8) is 0 Å². The molecule has 1 aromatic carbocycles. The molecular weight excluding hydrogens is 200 g/mol. The van der Waals surface area contributed by atoms with Crippen LogP contribution in [0.15, 0.2) is 24.3 Å². The van der Waals surface area contributed by atoms with Crippen molar-refractivity contribution in [3.8, 4) is 6.07 Å². The number of benzene rings is 1. The summed E-state index contributed by atoms with van der Waals surface area (Å²) >= 11 is 0. The van der Waals surface area contributed by atoms with Gasteiger partial charge in [0.15, 0.2) is 0 Å². The topological polar surface area (TPSA) is 59.0 Å². The zero-order valence-electron chi connectivity index (χ0n) is 9.48. The maximum Gasteiger partial charge on any atom is 0.0995 e. The van der Waals surface area contributed by atoms with Crippen LogP contribution in [0.3, 0.4) is 0 Å². The average Bonchev–Trinajstić information content (AvgIpc) is 2.34. The molecule has 3 nitrogen and oxygen atoms in total. The molecule has 0 saturated carbocycles. The molecule has 0 aromatic heterocycles. The Morgan fingerprint density at radius 3 is 2.75 bits per heavy atom. The molecule has 0 amide bonds. The molecule has 0 aliphatic rings. The van der Waals surface area contributed by atoms with Gasteiger partial charge in [-0.2, -0.15) is 5.26 Å². The maximum atomic E-state index is 8.87. The van der Waals surface area contributed by atoms with Crippen molar-refractivity contribution in [1.82, 2.24) is 0 Å². The Bertz CT molecular complexity index is 344. The lowest BCUT2D eigenvalue weighted by molar-refractivity contribution is 0.117. The van der Waals surface area contributed by atoms with E-state index in [2.05, 4.69) is 6.07 Å². The van der Waals surface area contributed by atoms with Crippen LogP contribution in [0.4, 0.5) is 0 Å². The molecule has 0 bridgehead atoms. The third kappa shape index (κ3) is 4.43. The number of hydrogen-bond donors (Lipinski definition) is 1. The second-order valence-electron chi connectivity index (χ2n) is 3.67. The minimum Gasteiger partial charge on any atom is -0.377 e. The number of nitrogens with zero attached hydrogens (tertiary/aromatic N) is 1. The first-order chi connectivity index (χ1) is 7.88. The molecule has 16 heavy (non-hydrogen) atoms.